The Hall–Kier alpha value is -2.97. The Morgan fingerprint density at radius 1 is 0.935 bits per heavy atom. The molecule has 0 aromatic heterocycles. The van der Waals surface area contributed by atoms with Crippen LogP contribution in [0.4, 0.5) is 5.69 Å². The van der Waals surface area contributed by atoms with Gasteiger partial charge >= 0.3 is 0 Å². The van der Waals surface area contributed by atoms with Crippen molar-refractivity contribution in [1.29, 1.82) is 0 Å². The second-order valence-corrected chi connectivity index (χ2v) is 9.77. The second-order valence-electron chi connectivity index (χ2n) is 7.83. The van der Waals surface area contributed by atoms with E-state index in [0.29, 0.717) is 30.4 Å². The van der Waals surface area contributed by atoms with E-state index >= 15 is 0 Å². The normalized spacial score (nSPS) is 17.0. The maximum absolute atomic E-state index is 12.6. The van der Waals surface area contributed by atoms with Gasteiger partial charge in [0.25, 0.3) is 5.91 Å². The third-order valence-electron chi connectivity index (χ3n) is 5.34. The molecule has 1 saturated carbocycles. The van der Waals surface area contributed by atoms with E-state index in [1.54, 1.807) is 42.5 Å². The molecule has 0 atom stereocenters. The van der Waals surface area contributed by atoms with E-state index in [2.05, 4.69) is 10.6 Å². The van der Waals surface area contributed by atoms with Crippen molar-refractivity contribution in [3.8, 4) is 0 Å². The van der Waals surface area contributed by atoms with E-state index in [-0.39, 0.29) is 16.7 Å². The molecule has 7 nitrogen and oxygen atoms in total. The first kappa shape index (κ1) is 21.3. The summed E-state index contributed by atoms with van der Waals surface area (Å²) in [6.07, 6.45) is 6.90. The number of hydrogen-bond donors (Lipinski definition) is 2. The molecule has 2 aromatic rings. The molecule has 2 amide bonds. The maximum atomic E-state index is 12.6. The van der Waals surface area contributed by atoms with Crippen LogP contribution < -0.4 is 10.6 Å². The van der Waals surface area contributed by atoms with Crippen LogP contribution in [-0.4, -0.2) is 43.7 Å². The lowest BCUT2D eigenvalue weighted by molar-refractivity contribution is -0.111. The van der Waals surface area contributed by atoms with E-state index in [1.807, 2.05) is 0 Å². The van der Waals surface area contributed by atoms with Gasteiger partial charge in [0.05, 0.1) is 4.90 Å². The van der Waals surface area contributed by atoms with Crippen LogP contribution in [0.2, 0.25) is 0 Å². The van der Waals surface area contributed by atoms with Crippen molar-refractivity contribution < 1.29 is 18.0 Å². The molecule has 1 aliphatic heterocycles. The molecule has 1 aliphatic carbocycles. The van der Waals surface area contributed by atoms with Crippen molar-refractivity contribution in [1.82, 2.24) is 9.62 Å². The van der Waals surface area contributed by atoms with Gasteiger partial charge in [0.1, 0.15) is 0 Å². The molecule has 1 heterocycles. The van der Waals surface area contributed by atoms with E-state index in [0.717, 1.165) is 31.2 Å². The lowest BCUT2D eigenvalue weighted by Gasteiger charge is -2.15. The average molecular weight is 440 g/mol. The van der Waals surface area contributed by atoms with Crippen molar-refractivity contribution in [2.75, 3.05) is 18.4 Å². The van der Waals surface area contributed by atoms with Crippen LogP contribution in [0.25, 0.3) is 6.08 Å². The summed E-state index contributed by atoms with van der Waals surface area (Å²) in [6.45, 7) is 1.11. The SMILES string of the molecule is O=C(/C=C/c1ccc(C(=O)NC2CC2)cc1)Nc1ccc(S(=O)(=O)N2CCCC2)cc1. The number of nitrogens with one attached hydrogen (secondary N) is 2. The van der Waals surface area contributed by atoms with Crippen LogP contribution in [0.5, 0.6) is 0 Å². The number of carbonyl (C=O) groups is 2. The number of nitrogens with zero attached hydrogens (tertiary/aromatic N) is 1. The Labute approximate surface area is 182 Å². The smallest absolute Gasteiger partial charge is 0.251 e. The summed E-state index contributed by atoms with van der Waals surface area (Å²) in [5.74, 6) is -0.406. The molecule has 1 saturated heterocycles. The van der Waals surface area contributed by atoms with Gasteiger partial charge in [0.15, 0.2) is 0 Å². The average Bonchev–Trinajstić information content (AvgIpc) is 3.39. The molecule has 4 rings (SSSR count). The fourth-order valence-corrected chi connectivity index (χ4v) is 4.90. The number of rotatable bonds is 7. The summed E-state index contributed by atoms with van der Waals surface area (Å²) in [5, 5.41) is 5.65. The summed E-state index contributed by atoms with van der Waals surface area (Å²) in [6, 6.07) is 13.5. The molecule has 162 valence electrons. The van der Waals surface area contributed by atoms with Crippen molar-refractivity contribution in [3.63, 3.8) is 0 Å². The minimum Gasteiger partial charge on any atom is -0.349 e. The molecule has 8 heteroatoms. The largest absolute Gasteiger partial charge is 0.349 e. The van der Waals surface area contributed by atoms with Gasteiger partial charge in [-0.2, -0.15) is 4.31 Å². The van der Waals surface area contributed by atoms with Crippen LogP contribution in [0.15, 0.2) is 59.5 Å². The summed E-state index contributed by atoms with van der Waals surface area (Å²) >= 11 is 0. The first-order valence-corrected chi connectivity index (χ1v) is 11.9. The monoisotopic (exact) mass is 439 g/mol. The second kappa shape index (κ2) is 9.03. The number of hydrogen-bond acceptors (Lipinski definition) is 4. The van der Waals surface area contributed by atoms with E-state index in [4.69, 9.17) is 0 Å². The fourth-order valence-electron chi connectivity index (χ4n) is 3.39. The number of carbonyl (C=O) groups excluding carboxylic acids is 2. The molecule has 2 aliphatic rings. The number of amides is 2. The minimum absolute atomic E-state index is 0.0778. The fraction of sp³-hybridized carbons (Fsp3) is 0.304. The maximum Gasteiger partial charge on any atom is 0.251 e. The Kier molecular flexibility index (Phi) is 6.20. The lowest BCUT2D eigenvalue weighted by atomic mass is 10.1. The molecular formula is C23H25N3O4S. The molecule has 0 bridgehead atoms. The molecule has 0 unspecified atom stereocenters. The summed E-state index contributed by atoms with van der Waals surface area (Å²) in [5.41, 5.74) is 1.91. The summed E-state index contributed by atoms with van der Waals surface area (Å²) in [4.78, 5) is 24.4. The Bertz CT molecular complexity index is 1080. The van der Waals surface area contributed by atoms with Gasteiger partial charge in [0, 0.05) is 36.5 Å². The number of anilines is 1. The summed E-state index contributed by atoms with van der Waals surface area (Å²) < 4.78 is 26.6. The van der Waals surface area contributed by atoms with Gasteiger partial charge in [-0.3, -0.25) is 9.59 Å². The van der Waals surface area contributed by atoms with Crippen molar-refractivity contribution >= 4 is 33.6 Å². The first-order valence-electron chi connectivity index (χ1n) is 10.4. The van der Waals surface area contributed by atoms with E-state index < -0.39 is 10.0 Å². The molecule has 31 heavy (non-hydrogen) atoms. The highest BCUT2D eigenvalue weighted by Gasteiger charge is 2.27. The Morgan fingerprint density at radius 2 is 1.58 bits per heavy atom. The molecule has 0 radical (unpaired) electrons. The molecule has 2 N–H and O–H groups in total. The first-order chi connectivity index (χ1) is 14.9. The van der Waals surface area contributed by atoms with Crippen molar-refractivity contribution in [2.24, 2.45) is 0 Å². The zero-order chi connectivity index (χ0) is 21.8. The predicted molar refractivity (Wildman–Crippen MR) is 119 cm³/mol. The molecule has 2 fully saturated rings. The van der Waals surface area contributed by atoms with Gasteiger partial charge in [-0.05, 0) is 73.7 Å². The number of sulfonamides is 1. The zero-order valence-electron chi connectivity index (χ0n) is 17.1. The molecular weight excluding hydrogens is 414 g/mol. The minimum atomic E-state index is -3.47. The van der Waals surface area contributed by atoms with Crippen LogP contribution in [0.3, 0.4) is 0 Å². The topological polar surface area (TPSA) is 95.6 Å². The predicted octanol–water partition coefficient (Wildman–Crippen LogP) is 3.02. The Morgan fingerprint density at radius 3 is 2.19 bits per heavy atom. The third-order valence-corrected chi connectivity index (χ3v) is 7.25. The van der Waals surface area contributed by atoms with Crippen molar-refractivity contribution in [2.45, 2.75) is 36.6 Å². The molecule has 2 aromatic carbocycles. The highest BCUT2D eigenvalue weighted by atomic mass is 32.2. The Balaban J connectivity index is 1.32. The molecule has 0 spiro atoms. The summed E-state index contributed by atoms with van der Waals surface area (Å²) in [7, 11) is -3.47. The van der Waals surface area contributed by atoms with Crippen LogP contribution >= 0.6 is 0 Å². The van der Waals surface area contributed by atoms with Gasteiger partial charge < -0.3 is 10.6 Å². The van der Waals surface area contributed by atoms with Gasteiger partial charge in [-0.25, -0.2) is 8.42 Å². The van der Waals surface area contributed by atoms with Crippen LogP contribution in [0, 0.1) is 0 Å². The standard InChI is InChI=1S/C23H25N3O4S/c27-22(14-5-17-3-6-18(7-4-17)23(28)25-20-8-9-20)24-19-10-12-21(13-11-19)31(29,30)26-15-1-2-16-26/h3-7,10-14,20H,1-2,8-9,15-16H2,(H,24,27)(H,25,28)/b14-5+. The zero-order valence-corrected chi connectivity index (χ0v) is 17.9. The van der Waals surface area contributed by atoms with Crippen LogP contribution in [-0.2, 0) is 14.8 Å². The lowest BCUT2D eigenvalue weighted by Crippen LogP contribution is -2.27. The van der Waals surface area contributed by atoms with Gasteiger partial charge in [-0.1, -0.05) is 12.1 Å². The van der Waals surface area contributed by atoms with Crippen LogP contribution in [0.1, 0.15) is 41.6 Å². The highest BCUT2D eigenvalue weighted by Crippen LogP contribution is 2.22. The quantitative estimate of drug-likeness (QED) is 0.649. The number of benzene rings is 2. The van der Waals surface area contributed by atoms with E-state index in [1.165, 1.54) is 22.5 Å². The van der Waals surface area contributed by atoms with Gasteiger partial charge in [-0.15, -0.1) is 0 Å². The highest BCUT2D eigenvalue weighted by molar-refractivity contribution is 7.89. The van der Waals surface area contributed by atoms with E-state index in [9.17, 15) is 18.0 Å². The third kappa shape index (κ3) is 5.39. The van der Waals surface area contributed by atoms with Gasteiger partial charge in [0.2, 0.25) is 15.9 Å². The van der Waals surface area contributed by atoms with Crippen molar-refractivity contribution in [3.05, 3.63) is 65.7 Å².